The number of rotatable bonds is 7. The summed E-state index contributed by atoms with van der Waals surface area (Å²) in [5, 5.41) is 4.94. The molecule has 2 heterocycles. The average molecular weight is 429 g/mol. The molecule has 0 aliphatic heterocycles. The van der Waals surface area contributed by atoms with E-state index in [0.717, 1.165) is 29.0 Å². The number of nitrogens with zero attached hydrogens (tertiary/aromatic N) is 1. The fourth-order valence-electron chi connectivity index (χ4n) is 3.33. The molecule has 0 aliphatic carbocycles. The number of anilines is 1. The summed E-state index contributed by atoms with van der Waals surface area (Å²) in [5.41, 5.74) is 6.49. The lowest BCUT2D eigenvalue weighted by Crippen LogP contribution is -2.10. The molecule has 4 nitrogen and oxygen atoms in total. The highest BCUT2D eigenvalue weighted by atomic mass is 32.1. The predicted octanol–water partition coefficient (Wildman–Crippen LogP) is 6.18. The van der Waals surface area contributed by atoms with Crippen molar-refractivity contribution in [2.24, 2.45) is 0 Å². The van der Waals surface area contributed by atoms with E-state index in [1.165, 1.54) is 28.0 Å². The quantitative estimate of drug-likeness (QED) is 0.382. The van der Waals surface area contributed by atoms with Gasteiger partial charge in [0.2, 0.25) is 0 Å². The maximum atomic E-state index is 12.6. The number of benzene rings is 2. The van der Waals surface area contributed by atoms with Crippen LogP contribution in [-0.2, 0) is 13.0 Å². The summed E-state index contributed by atoms with van der Waals surface area (Å²) in [5.74, 6) is 0.763. The van der Waals surface area contributed by atoms with Gasteiger partial charge in [-0.1, -0.05) is 29.8 Å². The van der Waals surface area contributed by atoms with Gasteiger partial charge in [0.15, 0.2) is 0 Å². The maximum absolute atomic E-state index is 12.6. The Kier molecular flexibility index (Phi) is 6.43. The third kappa shape index (κ3) is 5.58. The third-order valence-corrected chi connectivity index (χ3v) is 5.95. The van der Waals surface area contributed by atoms with Gasteiger partial charge in [0, 0.05) is 23.6 Å². The number of thiophene rings is 1. The minimum Gasteiger partial charge on any atom is -0.489 e. The Balaban J connectivity index is 1.33. The van der Waals surface area contributed by atoms with Crippen LogP contribution in [0.1, 0.15) is 37.5 Å². The van der Waals surface area contributed by atoms with Gasteiger partial charge in [-0.05, 0) is 78.7 Å². The van der Waals surface area contributed by atoms with Gasteiger partial charge < -0.3 is 10.1 Å². The monoisotopic (exact) mass is 428 g/mol. The zero-order valence-corrected chi connectivity index (χ0v) is 18.4. The lowest BCUT2D eigenvalue weighted by Gasteiger charge is -2.08. The SMILES string of the molecule is Cc1ccc(OCc2csc(C(=O)Nc3ccc(Cc4ccncc4)cc3)c2)c(C)c1. The molecule has 1 amide bonds. The summed E-state index contributed by atoms with van der Waals surface area (Å²) >= 11 is 1.43. The first-order valence-corrected chi connectivity index (χ1v) is 11.0. The van der Waals surface area contributed by atoms with Crippen molar-refractivity contribution in [1.82, 2.24) is 4.98 Å². The molecule has 0 bridgehead atoms. The van der Waals surface area contributed by atoms with Gasteiger partial charge in [0.1, 0.15) is 12.4 Å². The molecular formula is C26H24N2O2S. The topological polar surface area (TPSA) is 51.2 Å². The zero-order chi connectivity index (χ0) is 21.6. The van der Waals surface area contributed by atoms with E-state index < -0.39 is 0 Å². The Bertz CT molecular complexity index is 1170. The highest BCUT2D eigenvalue weighted by Gasteiger charge is 2.11. The van der Waals surface area contributed by atoms with E-state index in [2.05, 4.69) is 23.3 Å². The molecule has 5 heteroatoms. The second-order valence-corrected chi connectivity index (χ2v) is 8.47. The Morgan fingerprint density at radius 1 is 0.935 bits per heavy atom. The maximum Gasteiger partial charge on any atom is 0.265 e. The van der Waals surface area contributed by atoms with Gasteiger partial charge in [-0.3, -0.25) is 9.78 Å². The Labute approximate surface area is 186 Å². The minimum atomic E-state index is -0.107. The normalized spacial score (nSPS) is 10.6. The summed E-state index contributed by atoms with van der Waals surface area (Å²) in [7, 11) is 0. The smallest absolute Gasteiger partial charge is 0.265 e. The van der Waals surface area contributed by atoms with Gasteiger partial charge in [0.25, 0.3) is 5.91 Å². The van der Waals surface area contributed by atoms with E-state index in [1.807, 2.05) is 66.9 Å². The van der Waals surface area contributed by atoms with Crippen molar-refractivity contribution in [1.29, 1.82) is 0 Å². The van der Waals surface area contributed by atoms with Crippen molar-refractivity contribution in [3.63, 3.8) is 0 Å². The molecule has 1 N–H and O–H groups in total. The molecule has 0 radical (unpaired) electrons. The van der Waals surface area contributed by atoms with Gasteiger partial charge in [-0.25, -0.2) is 0 Å². The number of pyridine rings is 1. The third-order valence-electron chi connectivity index (χ3n) is 4.97. The van der Waals surface area contributed by atoms with E-state index in [9.17, 15) is 4.79 Å². The molecule has 31 heavy (non-hydrogen) atoms. The van der Waals surface area contributed by atoms with Crippen LogP contribution in [0.2, 0.25) is 0 Å². The van der Waals surface area contributed by atoms with E-state index in [-0.39, 0.29) is 5.91 Å². The predicted molar refractivity (Wildman–Crippen MR) is 126 cm³/mol. The largest absolute Gasteiger partial charge is 0.489 e. The number of carbonyl (C=O) groups excluding carboxylic acids is 1. The Morgan fingerprint density at radius 3 is 2.42 bits per heavy atom. The van der Waals surface area contributed by atoms with Crippen LogP contribution in [0.3, 0.4) is 0 Å². The molecule has 4 aromatic rings. The summed E-state index contributed by atoms with van der Waals surface area (Å²) < 4.78 is 5.92. The zero-order valence-electron chi connectivity index (χ0n) is 17.6. The molecule has 4 rings (SSSR count). The van der Waals surface area contributed by atoms with Crippen LogP contribution in [0.25, 0.3) is 0 Å². The molecule has 0 saturated heterocycles. The summed E-state index contributed by atoms with van der Waals surface area (Å²) in [6, 6.07) is 20.0. The second-order valence-electron chi connectivity index (χ2n) is 7.56. The fraction of sp³-hybridized carbons (Fsp3) is 0.154. The number of hydrogen-bond acceptors (Lipinski definition) is 4. The number of aryl methyl sites for hydroxylation is 2. The van der Waals surface area contributed by atoms with Crippen molar-refractivity contribution in [3.05, 3.63) is 111 Å². The lowest BCUT2D eigenvalue weighted by molar-refractivity contribution is 0.103. The number of carbonyl (C=O) groups is 1. The molecule has 2 aromatic heterocycles. The van der Waals surface area contributed by atoms with Crippen LogP contribution < -0.4 is 10.1 Å². The fourth-order valence-corrected chi connectivity index (χ4v) is 4.12. The van der Waals surface area contributed by atoms with Gasteiger partial charge in [0.05, 0.1) is 4.88 Å². The van der Waals surface area contributed by atoms with Crippen molar-refractivity contribution < 1.29 is 9.53 Å². The van der Waals surface area contributed by atoms with Crippen molar-refractivity contribution >= 4 is 22.9 Å². The number of hydrogen-bond donors (Lipinski definition) is 1. The summed E-state index contributed by atoms with van der Waals surface area (Å²) in [6.45, 7) is 4.55. The first-order chi connectivity index (χ1) is 15.1. The average Bonchev–Trinajstić information content (AvgIpc) is 3.25. The first-order valence-electron chi connectivity index (χ1n) is 10.1. The molecule has 0 aliphatic rings. The molecule has 0 unspecified atom stereocenters. The summed E-state index contributed by atoms with van der Waals surface area (Å²) in [4.78, 5) is 17.3. The van der Waals surface area contributed by atoms with Crippen molar-refractivity contribution in [2.45, 2.75) is 26.9 Å². The molecule has 0 fully saturated rings. The van der Waals surface area contributed by atoms with Crippen LogP contribution in [0.5, 0.6) is 5.75 Å². The standard InChI is InChI=1S/C26H24N2O2S/c1-18-3-8-24(19(2)13-18)30-16-22-15-25(31-17-22)26(29)28-23-6-4-20(5-7-23)14-21-9-11-27-12-10-21/h3-13,15,17H,14,16H2,1-2H3,(H,28,29). The lowest BCUT2D eigenvalue weighted by atomic mass is 10.1. The molecule has 2 aromatic carbocycles. The molecule has 0 spiro atoms. The summed E-state index contributed by atoms with van der Waals surface area (Å²) in [6.07, 6.45) is 4.43. The Hall–Kier alpha value is -3.44. The molecule has 156 valence electrons. The first kappa shape index (κ1) is 20.8. The van der Waals surface area contributed by atoms with Crippen LogP contribution in [0.4, 0.5) is 5.69 Å². The van der Waals surface area contributed by atoms with Crippen LogP contribution >= 0.6 is 11.3 Å². The van der Waals surface area contributed by atoms with Crippen molar-refractivity contribution in [2.75, 3.05) is 5.32 Å². The van der Waals surface area contributed by atoms with E-state index in [4.69, 9.17) is 4.74 Å². The van der Waals surface area contributed by atoms with Crippen LogP contribution in [-0.4, -0.2) is 10.9 Å². The van der Waals surface area contributed by atoms with Crippen LogP contribution in [0.15, 0.2) is 78.4 Å². The van der Waals surface area contributed by atoms with E-state index >= 15 is 0 Å². The van der Waals surface area contributed by atoms with Gasteiger partial charge in [-0.15, -0.1) is 11.3 Å². The number of ether oxygens (including phenoxy) is 1. The second kappa shape index (κ2) is 9.58. The molecule has 0 atom stereocenters. The molecule has 0 saturated carbocycles. The van der Waals surface area contributed by atoms with E-state index in [0.29, 0.717) is 11.5 Å². The number of aromatic nitrogens is 1. The van der Waals surface area contributed by atoms with Gasteiger partial charge in [-0.2, -0.15) is 0 Å². The molecular weight excluding hydrogens is 404 g/mol. The number of nitrogens with one attached hydrogen (secondary N) is 1. The highest BCUT2D eigenvalue weighted by molar-refractivity contribution is 7.12. The van der Waals surface area contributed by atoms with E-state index in [1.54, 1.807) is 12.4 Å². The van der Waals surface area contributed by atoms with Crippen LogP contribution in [0, 0.1) is 13.8 Å². The Morgan fingerprint density at radius 2 is 1.68 bits per heavy atom. The highest BCUT2D eigenvalue weighted by Crippen LogP contribution is 2.23. The van der Waals surface area contributed by atoms with Crippen molar-refractivity contribution in [3.8, 4) is 5.75 Å². The minimum absolute atomic E-state index is 0.107. The van der Waals surface area contributed by atoms with Gasteiger partial charge >= 0.3 is 0 Å². The number of amides is 1.